The molecule has 7 nitrogen and oxygen atoms in total. The van der Waals surface area contributed by atoms with Gasteiger partial charge in [-0.05, 0) is 74.1 Å². The number of aliphatic hydroxyl groups is 1. The number of hydrogen-bond acceptors (Lipinski definition) is 5. The summed E-state index contributed by atoms with van der Waals surface area (Å²) in [6.45, 7) is 4.21. The van der Waals surface area contributed by atoms with Crippen molar-refractivity contribution in [3.8, 4) is 5.88 Å². The third-order valence-electron chi connectivity index (χ3n) is 7.07. The number of halogens is 1. The second-order valence-corrected chi connectivity index (χ2v) is 9.87. The zero-order valence-corrected chi connectivity index (χ0v) is 21.1. The Morgan fingerprint density at radius 2 is 2.06 bits per heavy atom. The molecule has 1 aliphatic carbocycles. The molecular formula is C28H34FN3O4. The predicted molar refractivity (Wildman–Crippen MR) is 135 cm³/mol. The van der Waals surface area contributed by atoms with Crippen molar-refractivity contribution in [3.05, 3.63) is 65.1 Å². The summed E-state index contributed by atoms with van der Waals surface area (Å²) in [5, 5.41) is 9.86. The fourth-order valence-corrected chi connectivity index (χ4v) is 4.76. The number of aromatic nitrogens is 1. The van der Waals surface area contributed by atoms with E-state index < -0.39 is 11.9 Å². The fourth-order valence-electron chi connectivity index (χ4n) is 4.76. The second-order valence-electron chi connectivity index (χ2n) is 9.87. The van der Waals surface area contributed by atoms with Gasteiger partial charge >= 0.3 is 0 Å². The van der Waals surface area contributed by atoms with Gasteiger partial charge in [0.1, 0.15) is 17.5 Å². The first-order valence-corrected chi connectivity index (χ1v) is 12.6. The van der Waals surface area contributed by atoms with Crippen LogP contribution in [-0.4, -0.2) is 70.6 Å². The highest BCUT2D eigenvalue weighted by Gasteiger charge is 2.35. The number of likely N-dealkylation sites (N-methyl/N-ethyl adjacent to an activating group) is 1. The lowest BCUT2D eigenvalue weighted by Crippen LogP contribution is -2.50. The Labute approximate surface area is 211 Å². The Hall–Kier alpha value is -3.26. The highest BCUT2D eigenvalue weighted by Crippen LogP contribution is 2.32. The van der Waals surface area contributed by atoms with Gasteiger partial charge in [-0.1, -0.05) is 13.0 Å². The molecule has 0 radical (unpaired) electrons. The Balaban J connectivity index is 1.64. The first-order valence-electron chi connectivity index (χ1n) is 12.6. The zero-order chi connectivity index (χ0) is 25.8. The molecule has 1 aliphatic heterocycles. The molecule has 1 aromatic heterocycles. The summed E-state index contributed by atoms with van der Waals surface area (Å²) in [7, 11) is 1.67. The smallest absolute Gasteiger partial charge is 0.259 e. The fraction of sp³-hybridized carbons (Fsp3) is 0.464. The molecule has 2 heterocycles. The van der Waals surface area contributed by atoms with E-state index in [-0.39, 0.29) is 42.8 Å². The van der Waals surface area contributed by atoms with Crippen molar-refractivity contribution in [2.24, 2.45) is 5.92 Å². The summed E-state index contributed by atoms with van der Waals surface area (Å²) in [5.74, 6) is -0.799. The van der Waals surface area contributed by atoms with Crippen LogP contribution in [0.5, 0.6) is 5.88 Å². The molecule has 0 saturated carbocycles. The van der Waals surface area contributed by atoms with Crippen molar-refractivity contribution in [3.63, 3.8) is 0 Å². The van der Waals surface area contributed by atoms with Crippen molar-refractivity contribution in [2.45, 2.75) is 51.7 Å². The van der Waals surface area contributed by atoms with Crippen LogP contribution in [0.25, 0.3) is 5.57 Å². The van der Waals surface area contributed by atoms with Gasteiger partial charge in [-0.3, -0.25) is 9.59 Å². The van der Waals surface area contributed by atoms with E-state index in [1.165, 1.54) is 29.8 Å². The Bertz CT molecular complexity index is 1130. The summed E-state index contributed by atoms with van der Waals surface area (Å²) in [5.41, 5.74) is 2.84. The number of hydrogen-bond donors (Lipinski definition) is 1. The van der Waals surface area contributed by atoms with Crippen molar-refractivity contribution in [2.75, 3.05) is 26.7 Å². The van der Waals surface area contributed by atoms with Crippen LogP contribution in [0.15, 0.2) is 42.6 Å². The van der Waals surface area contributed by atoms with Crippen LogP contribution >= 0.6 is 0 Å². The average molecular weight is 496 g/mol. The number of benzene rings is 1. The molecule has 0 fully saturated rings. The number of aliphatic hydroxyl groups excluding tert-OH is 1. The van der Waals surface area contributed by atoms with Gasteiger partial charge in [-0.2, -0.15) is 0 Å². The molecule has 36 heavy (non-hydrogen) atoms. The third-order valence-corrected chi connectivity index (χ3v) is 7.07. The van der Waals surface area contributed by atoms with Gasteiger partial charge < -0.3 is 19.6 Å². The minimum Gasteiger partial charge on any atom is -0.472 e. The van der Waals surface area contributed by atoms with Crippen LogP contribution in [0.4, 0.5) is 4.39 Å². The number of carbonyl (C=O) groups is 2. The largest absolute Gasteiger partial charge is 0.472 e. The predicted octanol–water partition coefficient (Wildman–Crippen LogP) is 4.17. The summed E-state index contributed by atoms with van der Waals surface area (Å²) >= 11 is 0. The molecule has 0 saturated heterocycles. The van der Waals surface area contributed by atoms with Crippen LogP contribution in [0.3, 0.4) is 0 Å². The van der Waals surface area contributed by atoms with Crippen LogP contribution in [0, 0.1) is 11.7 Å². The maximum Gasteiger partial charge on any atom is 0.259 e. The van der Waals surface area contributed by atoms with Crippen molar-refractivity contribution in [1.82, 2.24) is 14.8 Å². The summed E-state index contributed by atoms with van der Waals surface area (Å²) in [6.07, 6.45) is 7.73. The molecule has 0 bridgehead atoms. The second kappa shape index (κ2) is 11.2. The van der Waals surface area contributed by atoms with Crippen LogP contribution in [0.2, 0.25) is 0 Å². The molecule has 2 aromatic rings. The van der Waals surface area contributed by atoms with E-state index in [0.717, 1.165) is 31.2 Å². The monoisotopic (exact) mass is 495 g/mol. The molecule has 1 aromatic carbocycles. The van der Waals surface area contributed by atoms with Gasteiger partial charge in [0, 0.05) is 31.3 Å². The number of amides is 2. The van der Waals surface area contributed by atoms with E-state index >= 15 is 0 Å². The Morgan fingerprint density at radius 3 is 2.72 bits per heavy atom. The standard InChI is InChI=1S/C28H34FN3O4/c1-18-15-32(19(2)17-33)28(35)24-13-22(20-7-5-4-6-8-20)14-30-26(24)36-25(18)16-31(3)27(34)21-9-11-23(29)12-10-21/h7,9-14,18-19,25,33H,4-6,8,15-17H2,1-3H3/t18-,19-,25+/m0/s1. The lowest BCUT2D eigenvalue weighted by Gasteiger charge is -2.37. The molecule has 0 spiro atoms. The quantitative estimate of drug-likeness (QED) is 0.651. The van der Waals surface area contributed by atoms with Gasteiger partial charge in [0.05, 0.1) is 19.2 Å². The summed E-state index contributed by atoms with van der Waals surface area (Å²) < 4.78 is 19.6. The average Bonchev–Trinajstić information content (AvgIpc) is 2.90. The number of rotatable bonds is 6. The molecule has 3 atom stereocenters. The maximum absolute atomic E-state index is 13.6. The molecular weight excluding hydrogens is 461 g/mol. The molecule has 2 aliphatic rings. The van der Waals surface area contributed by atoms with Crippen LogP contribution < -0.4 is 4.74 Å². The van der Waals surface area contributed by atoms with E-state index in [1.54, 1.807) is 23.0 Å². The molecule has 4 rings (SSSR count). The lowest BCUT2D eigenvalue weighted by molar-refractivity contribution is 0.0313. The number of pyridine rings is 1. The van der Waals surface area contributed by atoms with Crippen molar-refractivity contribution >= 4 is 17.4 Å². The first-order chi connectivity index (χ1) is 17.3. The minimum atomic E-state index is -0.452. The van der Waals surface area contributed by atoms with Crippen molar-refractivity contribution in [1.29, 1.82) is 0 Å². The van der Waals surface area contributed by atoms with Crippen molar-refractivity contribution < 1.29 is 23.8 Å². The Kier molecular flexibility index (Phi) is 8.04. The highest BCUT2D eigenvalue weighted by atomic mass is 19.1. The van der Waals surface area contributed by atoms with E-state index in [9.17, 15) is 19.1 Å². The SMILES string of the molecule is C[C@H]1CN([C@@H](C)CO)C(=O)c2cc(C3=CCCCC3)cnc2O[C@@H]1CN(C)C(=O)c1ccc(F)cc1. The molecule has 1 N–H and O–H groups in total. The maximum atomic E-state index is 13.6. The normalized spacial score (nSPS) is 21.0. The van der Waals surface area contributed by atoms with Gasteiger partial charge in [0.25, 0.3) is 11.8 Å². The number of nitrogens with zero attached hydrogens (tertiary/aromatic N) is 3. The first kappa shape index (κ1) is 25.8. The van der Waals surface area contributed by atoms with Gasteiger partial charge in [-0.15, -0.1) is 0 Å². The number of fused-ring (bicyclic) bond motifs is 1. The summed E-state index contributed by atoms with van der Waals surface area (Å²) in [6, 6.07) is 6.89. The topological polar surface area (TPSA) is 83.0 Å². The molecule has 0 unspecified atom stereocenters. The summed E-state index contributed by atoms with van der Waals surface area (Å²) in [4.78, 5) is 34.3. The van der Waals surface area contributed by atoms with Gasteiger partial charge in [-0.25, -0.2) is 9.37 Å². The molecule has 8 heteroatoms. The number of allylic oxidation sites excluding steroid dienone is 2. The van der Waals surface area contributed by atoms with E-state index in [2.05, 4.69) is 11.1 Å². The minimum absolute atomic E-state index is 0.151. The number of ether oxygens (including phenoxy) is 1. The highest BCUT2D eigenvalue weighted by molar-refractivity contribution is 5.97. The number of carbonyl (C=O) groups excluding carboxylic acids is 2. The van der Waals surface area contributed by atoms with Gasteiger partial charge in [0.15, 0.2) is 0 Å². The molecule has 192 valence electrons. The van der Waals surface area contributed by atoms with Gasteiger partial charge in [0.2, 0.25) is 5.88 Å². The lowest BCUT2D eigenvalue weighted by atomic mass is 9.93. The van der Waals surface area contributed by atoms with E-state index in [4.69, 9.17) is 4.74 Å². The van der Waals surface area contributed by atoms with Crippen LogP contribution in [0.1, 0.15) is 65.8 Å². The Morgan fingerprint density at radius 1 is 1.31 bits per heavy atom. The molecule has 2 amide bonds. The van der Waals surface area contributed by atoms with E-state index in [0.29, 0.717) is 17.7 Å². The zero-order valence-electron chi connectivity index (χ0n) is 21.1. The van der Waals surface area contributed by atoms with Crippen LogP contribution in [-0.2, 0) is 0 Å². The third kappa shape index (κ3) is 5.59. The van der Waals surface area contributed by atoms with E-state index in [1.807, 2.05) is 19.9 Å².